The van der Waals surface area contributed by atoms with E-state index in [9.17, 15) is 4.79 Å². The lowest BCUT2D eigenvalue weighted by molar-refractivity contribution is 0.0522. The third kappa shape index (κ3) is 2.78. The standard InChI is InChI=1S/C11H13IO4/c1-4-16-11(13)7-5-10(15-3)8(12)6-9(7)14-2/h5-6H,4H2,1-3H3. The van der Waals surface area contributed by atoms with Gasteiger partial charge in [-0.2, -0.15) is 0 Å². The monoisotopic (exact) mass is 336 g/mol. The smallest absolute Gasteiger partial charge is 0.342 e. The number of carbonyl (C=O) groups is 1. The average molecular weight is 336 g/mol. The quantitative estimate of drug-likeness (QED) is 0.626. The lowest BCUT2D eigenvalue weighted by Gasteiger charge is -2.11. The van der Waals surface area contributed by atoms with E-state index in [0.29, 0.717) is 23.7 Å². The topological polar surface area (TPSA) is 44.8 Å². The Morgan fingerprint density at radius 3 is 2.38 bits per heavy atom. The van der Waals surface area contributed by atoms with Crippen molar-refractivity contribution in [2.24, 2.45) is 0 Å². The van der Waals surface area contributed by atoms with E-state index in [-0.39, 0.29) is 0 Å². The van der Waals surface area contributed by atoms with E-state index in [1.54, 1.807) is 26.2 Å². The zero-order valence-corrected chi connectivity index (χ0v) is 11.5. The molecule has 88 valence electrons. The van der Waals surface area contributed by atoms with E-state index in [2.05, 4.69) is 22.6 Å². The number of methoxy groups -OCH3 is 2. The Morgan fingerprint density at radius 2 is 1.88 bits per heavy atom. The van der Waals surface area contributed by atoms with Crippen molar-refractivity contribution in [3.05, 3.63) is 21.3 Å². The molecule has 0 bridgehead atoms. The third-order valence-corrected chi connectivity index (χ3v) is 2.81. The van der Waals surface area contributed by atoms with Gasteiger partial charge < -0.3 is 14.2 Å². The van der Waals surface area contributed by atoms with Gasteiger partial charge in [0.15, 0.2) is 0 Å². The molecule has 0 saturated carbocycles. The largest absolute Gasteiger partial charge is 0.496 e. The normalized spacial score (nSPS) is 9.75. The van der Waals surface area contributed by atoms with Gasteiger partial charge in [-0.15, -0.1) is 0 Å². The molecule has 16 heavy (non-hydrogen) atoms. The van der Waals surface area contributed by atoms with E-state index in [1.807, 2.05) is 0 Å². The average Bonchev–Trinajstić information content (AvgIpc) is 2.28. The maximum absolute atomic E-state index is 11.6. The van der Waals surface area contributed by atoms with Gasteiger partial charge in [0.05, 0.1) is 24.4 Å². The zero-order valence-electron chi connectivity index (χ0n) is 9.37. The Hall–Kier alpha value is -0.980. The van der Waals surface area contributed by atoms with E-state index in [4.69, 9.17) is 14.2 Å². The first-order valence-electron chi connectivity index (χ1n) is 4.72. The van der Waals surface area contributed by atoms with Gasteiger partial charge in [-0.3, -0.25) is 0 Å². The molecule has 1 rings (SSSR count). The van der Waals surface area contributed by atoms with Gasteiger partial charge in [-0.05, 0) is 41.6 Å². The summed E-state index contributed by atoms with van der Waals surface area (Å²) in [5.74, 6) is 0.710. The molecule has 0 aliphatic rings. The second kappa shape index (κ2) is 5.93. The Bertz CT molecular complexity index is 390. The molecule has 1 aromatic carbocycles. The van der Waals surface area contributed by atoms with Crippen LogP contribution in [0.3, 0.4) is 0 Å². The predicted octanol–water partition coefficient (Wildman–Crippen LogP) is 2.49. The Morgan fingerprint density at radius 1 is 1.25 bits per heavy atom. The predicted molar refractivity (Wildman–Crippen MR) is 68.2 cm³/mol. The van der Waals surface area contributed by atoms with Crippen LogP contribution in [0.25, 0.3) is 0 Å². The SMILES string of the molecule is CCOC(=O)c1cc(OC)c(I)cc1OC. The van der Waals surface area contributed by atoms with Crippen molar-refractivity contribution in [3.63, 3.8) is 0 Å². The van der Waals surface area contributed by atoms with Crippen LogP contribution >= 0.6 is 22.6 Å². The molecule has 0 heterocycles. The summed E-state index contributed by atoms with van der Waals surface area (Å²) in [6.07, 6.45) is 0. The third-order valence-electron chi connectivity index (χ3n) is 1.97. The minimum Gasteiger partial charge on any atom is -0.496 e. The first-order chi connectivity index (χ1) is 7.63. The van der Waals surface area contributed by atoms with Crippen LogP contribution in [0.4, 0.5) is 0 Å². The number of hydrogen-bond donors (Lipinski definition) is 0. The highest BCUT2D eigenvalue weighted by Gasteiger charge is 2.16. The van der Waals surface area contributed by atoms with Crippen LogP contribution in [-0.2, 0) is 4.74 Å². The van der Waals surface area contributed by atoms with Gasteiger partial charge in [-0.1, -0.05) is 0 Å². The molecule has 0 unspecified atom stereocenters. The molecule has 0 aliphatic heterocycles. The number of carbonyl (C=O) groups excluding carboxylic acids is 1. The highest BCUT2D eigenvalue weighted by Crippen LogP contribution is 2.30. The fraction of sp³-hybridized carbons (Fsp3) is 0.364. The number of hydrogen-bond acceptors (Lipinski definition) is 4. The molecule has 1 aromatic rings. The van der Waals surface area contributed by atoms with Gasteiger partial charge in [0.25, 0.3) is 0 Å². The first-order valence-corrected chi connectivity index (χ1v) is 5.80. The van der Waals surface area contributed by atoms with Crippen molar-refractivity contribution < 1.29 is 19.0 Å². The summed E-state index contributed by atoms with van der Waals surface area (Å²) >= 11 is 2.11. The molecule has 0 saturated heterocycles. The lowest BCUT2D eigenvalue weighted by Crippen LogP contribution is -2.07. The maximum atomic E-state index is 11.6. The molecule has 0 fully saturated rings. The molecule has 0 aromatic heterocycles. The minimum atomic E-state index is -0.408. The fourth-order valence-electron chi connectivity index (χ4n) is 1.23. The van der Waals surface area contributed by atoms with Gasteiger partial charge >= 0.3 is 5.97 Å². The summed E-state index contributed by atoms with van der Waals surface area (Å²) in [6, 6.07) is 3.37. The van der Waals surface area contributed by atoms with Crippen molar-refractivity contribution >= 4 is 28.6 Å². The molecule has 0 N–H and O–H groups in total. The summed E-state index contributed by atoms with van der Waals surface area (Å²) in [6.45, 7) is 2.09. The Kier molecular flexibility index (Phi) is 4.85. The summed E-state index contributed by atoms with van der Waals surface area (Å²) in [5, 5.41) is 0. The number of benzene rings is 1. The molecule has 5 heteroatoms. The number of halogens is 1. The van der Waals surface area contributed by atoms with Crippen molar-refractivity contribution in [1.29, 1.82) is 0 Å². The molecular weight excluding hydrogens is 323 g/mol. The van der Waals surface area contributed by atoms with Crippen molar-refractivity contribution in [3.8, 4) is 11.5 Å². The molecule has 0 amide bonds. The van der Waals surface area contributed by atoms with Gasteiger partial charge in [0.2, 0.25) is 0 Å². The van der Waals surface area contributed by atoms with Crippen LogP contribution < -0.4 is 9.47 Å². The molecule has 0 aliphatic carbocycles. The van der Waals surface area contributed by atoms with Crippen LogP contribution in [0, 0.1) is 3.57 Å². The molecular formula is C11H13IO4. The van der Waals surface area contributed by atoms with E-state index >= 15 is 0 Å². The highest BCUT2D eigenvalue weighted by molar-refractivity contribution is 14.1. The minimum absolute atomic E-state index is 0.330. The van der Waals surface area contributed by atoms with E-state index in [0.717, 1.165) is 3.57 Å². The highest BCUT2D eigenvalue weighted by atomic mass is 127. The number of rotatable bonds is 4. The van der Waals surface area contributed by atoms with Crippen LogP contribution in [0.1, 0.15) is 17.3 Å². The summed E-state index contributed by atoms with van der Waals surface area (Å²) in [5.41, 5.74) is 0.376. The molecule has 0 spiro atoms. The van der Waals surface area contributed by atoms with Crippen molar-refractivity contribution in [1.82, 2.24) is 0 Å². The maximum Gasteiger partial charge on any atom is 0.342 e. The van der Waals surface area contributed by atoms with Crippen LogP contribution in [0.15, 0.2) is 12.1 Å². The summed E-state index contributed by atoms with van der Waals surface area (Å²) in [4.78, 5) is 11.6. The van der Waals surface area contributed by atoms with Gasteiger partial charge in [-0.25, -0.2) is 4.79 Å². The second-order valence-electron chi connectivity index (χ2n) is 2.91. The van der Waals surface area contributed by atoms with Crippen LogP contribution in [0.2, 0.25) is 0 Å². The first kappa shape index (κ1) is 13.1. The number of esters is 1. The van der Waals surface area contributed by atoms with Crippen LogP contribution in [0.5, 0.6) is 11.5 Å². The van der Waals surface area contributed by atoms with Crippen molar-refractivity contribution in [2.45, 2.75) is 6.92 Å². The molecule has 0 atom stereocenters. The lowest BCUT2D eigenvalue weighted by atomic mass is 10.2. The Balaban J connectivity index is 3.19. The van der Waals surface area contributed by atoms with Gasteiger partial charge in [0, 0.05) is 0 Å². The summed E-state index contributed by atoms with van der Waals surface area (Å²) < 4.78 is 16.1. The van der Waals surface area contributed by atoms with Crippen molar-refractivity contribution in [2.75, 3.05) is 20.8 Å². The van der Waals surface area contributed by atoms with E-state index in [1.165, 1.54) is 7.11 Å². The fourth-order valence-corrected chi connectivity index (χ4v) is 1.89. The second-order valence-corrected chi connectivity index (χ2v) is 4.07. The van der Waals surface area contributed by atoms with Crippen LogP contribution in [-0.4, -0.2) is 26.8 Å². The van der Waals surface area contributed by atoms with Gasteiger partial charge in [0.1, 0.15) is 17.1 Å². The molecule has 0 radical (unpaired) electrons. The summed E-state index contributed by atoms with van der Waals surface area (Å²) in [7, 11) is 3.07. The Labute approximate surface area is 108 Å². The van der Waals surface area contributed by atoms with E-state index < -0.39 is 5.97 Å². The zero-order chi connectivity index (χ0) is 12.1. The molecule has 4 nitrogen and oxygen atoms in total. The number of ether oxygens (including phenoxy) is 3.